The molecule has 4 rings (SSSR count). The van der Waals surface area contributed by atoms with E-state index >= 15 is 0 Å². The van der Waals surface area contributed by atoms with Gasteiger partial charge >= 0.3 is 0 Å². The maximum absolute atomic E-state index is 13.7. The van der Waals surface area contributed by atoms with Crippen LogP contribution in [0.3, 0.4) is 0 Å². The molecule has 1 atom stereocenters. The average molecular weight is 519 g/mol. The first-order chi connectivity index (χ1) is 17.9. The third-order valence-electron chi connectivity index (χ3n) is 6.90. The van der Waals surface area contributed by atoms with E-state index in [1.807, 2.05) is 80.6 Å². The van der Waals surface area contributed by atoms with Crippen LogP contribution < -0.4 is 10.1 Å². The summed E-state index contributed by atoms with van der Waals surface area (Å²) in [5, 5.41) is 3.81. The van der Waals surface area contributed by atoms with Crippen molar-refractivity contribution in [2.45, 2.75) is 64.6 Å². The highest BCUT2D eigenvalue weighted by Crippen LogP contribution is 2.22. The molecule has 0 spiro atoms. The number of halogens is 1. The molecule has 3 aromatic carbocycles. The van der Waals surface area contributed by atoms with E-state index in [0.717, 1.165) is 47.9 Å². The van der Waals surface area contributed by atoms with Crippen LogP contribution in [0.25, 0.3) is 0 Å². The number of nitrogens with zero attached hydrogens (tertiary/aromatic N) is 1. The van der Waals surface area contributed by atoms with Crippen molar-refractivity contribution >= 4 is 23.4 Å². The molecule has 1 N–H and O–H groups in total. The summed E-state index contributed by atoms with van der Waals surface area (Å²) in [7, 11) is 0. The van der Waals surface area contributed by atoms with Gasteiger partial charge < -0.3 is 15.0 Å². The fraction of sp³-hybridized carbons (Fsp3) is 0.355. The maximum atomic E-state index is 13.7. The zero-order chi connectivity index (χ0) is 26.2. The van der Waals surface area contributed by atoms with Gasteiger partial charge in [-0.05, 0) is 61.6 Å². The van der Waals surface area contributed by atoms with Gasteiger partial charge in [0.1, 0.15) is 11.8 Å². The van der Waals surface area contributed by atoms with Crippen LogP contribution in [-0.4, -0.2) is 35.4 Å². The minimum atomic E-state index is -0.683. The highest BCUT2D eigenvalue weighted by molar-refractivity contribution is 6.30. The third-order valence-corrected chi connectivity index (χ3v) is 7.13. The van der Waals surface area contributed by atoms with E-state index in [1.165, 1.54) is 0 Å². The Bertz CT molecular complexity index is 1210. The Morgan fingerprint density at radius 3 is 2.41 bits per heavy atom. The van der Waals surface area contributed by atoms with Crippen molar-refractivity contribution in [3.8, 4) is 5.75 Å². The van der Waals surface area contributed by atoms with Crippen LogP contribution in [0.15, 0.2) is 72.8 Å². The molecule has 1 aliphatic rings. The number of ether oxygens (including phenoxy) is 1. The molecule has 1 unspecified atom stereocenters. The number of amides is 2. The Morgan fingerprint density at radius 1 is 0.973 bits per heavy atom. The van der Waals surface area contributed by atoms with E-state index in [9.17, 15) is 9.59 Å². The van der Waals surface area contributed by atoms with Gasteiger partial charge in [-0.25, -0.2) is 0 Å². The number of hydrogen-bond acceptors (Lipinski definition) is 3. The second-order valence-electron chi connectivity index (χ2n) is 9.90. The fourth-order valence-electron chi connectivity index (χ4n) is 4.94. The van der Waals surface area contributed by atoms with E-state index in [0.29, 0.717) is 17.2 Å². The molecule has 37 heavy (non-hydrogen) atoms. The van der Waals surface area contributed by atoms with Crippen molar-refractivity contribution in [2.75, 3.05) is 6.61 Å². The molecule has 6 heteroatoms. The van der Waals surface area contributed by atoms with Gasteiger partial charge in [0, 0.05) is 24.0 Å². The van der Waals surface area contributed by atoms with E-state index in [4.69, 9.17) is 16.3 Å². The van der Waals surface area contributed by atoms with Crippen molar-refractivity contribution in [1.82, 2.24) is 10.2 Å². The van der Waals surface area contributed by atoms with Gasteiger partial charge in [-0.3, -0.25) is 9.59 Å². The first-order valence-corrected chi connectivity index (χ1v) is 13.3. The van der Waals surface area contributed by atoms with Crippen LogP contribution in [0.4, 0.5) is 0 Å². The lowest BCUT2D eigenvalue weighted by atomic mass is 10.0. The largest absolute Gasteiger partial charge is 0.483 e. The highest BCUT2D eigenvalue weighted by atomic mass is 35.5. The number of carbonyl (C=O) groups excluding carboxylic acids is 2. The molecule has 1 fully saturated rings. The minimum Gasteiger partial charge on any atom is -0.483 e. The summed E-state index contributed by atoms with van der Waals surface area (Å²) in [6.07, 6.45) is 4.59. The van der Waals surface area contributed by atoms with Crippen LogP contribution >= 0.6 is 11.6 Å². The van der Waals surface area contributed by atoms with Crippen LogP contribution in [0.5, 0.6) is 5.75 Å². The first-order valence-electron chi connectivity index (χ1n) is 13.0. The predicted octanol–water partition coefficient (Wildman–Crippen LogP) is 6.03. The Hall–Kier alpha value is -3.31. The quantitative estimate of drug-likeness (QED) is 0.356. The summed E-state index contributed by atoms with van der Waals surface area (Å²) in [4.78, 5) is 29.1. The standard InChI is InChI=1S/C31H35ClN2O3/c1-22-15-16-29(23(2)17-22)37-21-30(35)34(20-25-11-8-12-26(32)18-25)28(19-24-9-4-3-5-10-24)31(36)33-27-13-6-7-14-27/h3-5,8-12,15-18,27-28H,6-7,13-14,19-21H2,1-2H3,(H,33,36). The average Bonchev–Trinajstić information content (AvgIpc) is 3.39. The lowest BCUT2D eigenvalue weighted by Crippen LogP contribution is -2.53. The van der Waals surface area contributed by atoms with Gasteiger partial charge in [-0.1, -0.05) is 84.6 Å². The molecule has 1 aliphatic carbocycles. The van der Waals surface area contributed by atoms with Crippen molar-refractivity contribution in [3.05, 3.63) is 100 Å². The van der Waals surface area contributed by atoms with Gasteiger partial charge in [-0.15, -0.1) is 0 Å². The van der Waals surface area contributed by atoms with E-state index in [-0.39, 0.29) is 31.0 Å². The van der Waals surface area contributed by atoms with Crippen molar-refractivity contribution in [1.29, 1.82) is 0 Å². The highest BCUT2D eigenvalue weighted by Gasteiger charge is 2.32. The second-order valence-corrected chi connectivity index (χ2v) is 10.3. The molecule has 0 bridgehead atoms. The van der Waals surface area contributed by atoms with Gasteiger partial charge in [-0.2, -0.15) is 0 Å². The topological polar surface area (TPSA) is 58.6 Å². The number of nitrogens with one attached hydrogen (secondary N) is 1. The molecule has 2 amide bonds. The molecule has 0 radical (unpaired) electrons. The Morgan fingerprint density at radius 2 is 1.70 bits per heavy atom. The minimum absolute atomic E-state index is 0.127. The molecule has 0 aliphatic heterocycles. The Balaban J connectivity index is 1.62. The second kappa shape index (κ2) is 12.8. The van der Waals surface area contributed by atoms with Gasteiger partial charge in [0.25, 0.3) is 5.91 Å². The molecular weight excluding hydrogens is 484 g/mol. The summed E-state index contributed by atoms with van der Waals surface area (Å²) in [5.74, 6) is 0.289. The molecule has 194 valence electrons. The normalized spacial score (nSPS) is 14.2. The van der Waals surface area contributed by atoms with Crippen LogP contribution in [0, 0.1) is 13.8 Å². The molecule has 3 aromatic rings. The number of carbonyl (C=O) groups is 2. The zero-order valence-electron chi connectivity index (χ0n) is 21.6. The third kappa shape index (κ3) is 7.59. The number of benzene rings is 3. The SMILES string of the molecule is Cc1ccc(OCC(=O)N(Cc2cccc(Cl)c2)C(Cc2ccccc2)C(=O)NC2CCCC2)c(C)c1. The summed E-state index contributed by atoms with van der Waals surface area (Å²) >= 11 is 6.26. The molecular formula is C31H35ClN2O3. The van der Waals surface area contributed by atoms with E-state index < -0.39 is 6.04 Å². The summed E-state index contributed by atoms with van der Waals surface area (Å²) in [6.45, 7) is 4.08. The molecule has 1 saturated carbocycles. The molecule has 5 nitrogen and oxygen atoms in total. The monoisotopic (exact) mass is 518 g/mol. The molecule has 0 aromatic heterocycles. The van der Waals surface area contributed by atoms with E-state index in [1.54, 1.807) is 11.0 Å². The van der Waals surface area contributed by atoms with Crippen LogP contribution in [-0.2, 0) is 22.6 Å². The maximum Gasteiger partial charge on any atom is 0.261 e. The smallest absolute Gasteiger partial charge is 0.261 e. The van der Waals surface area contributed by atoms with Gasteiger partial charge in [0.2, 0.25) is 5.91 Å². The lowest BCUT2D eigenvalue weighted by Gasteiger charge is -2.32. The Labute approximate surface area is 224 Å². The van der Waals surface area contributed by atoms with Crippen molar-refractivity contribution in [3.63, 3.8) is 0 Å². The number of rotatable bonds is 10. The summed E-state index contributed by atoms with van der Waals surface area (Å²) in [6, 6.07) is 22.6. The molecule has 0 heterocycles. The predicted molar refractivity (Wildman–Crippen MR) is 148 cm³/mol. The van der Waals surface area contributed by atoms with E-state index in [2.05, 4.69) is 5.32 Å². The Kier molecular flexibility index (Phi) is 9.24. The zero-order valence-corrected chi connectivity index (χ0v) is 22.3. The molecule has 0 saturated heterocycles. The summed E-state index contributed by atoms with van der Waals surface area (Å²) < 4.78 is 5.96. The fourth-order valence-corrected chi connectivity index (χ4v) is 5.15. The van der Waals surface area contributed by atoms with Gasteiger partial charge in [0.05, 0.1) is 0 Å². The van der Waals surface area contributed by atoms with Crippen LogP contribution in [0.2, 0.25) is 5.02 Å². The number of hydrogen-bond donors (Lipinski definition) is 1. The first kappa shape index (κ1) is 26.7. The van der Waals surface area contributed by atoms with Crippen LogP contribution in [0.1, 0.15) is 47.9 Å². The number of aryl methyl sites for hydroxylation is 2. The lowest BCUT2D eigenvalue weighted by molar-refractivity contribution is -0.143. The summed E-state index contributed by atoms with van der Waals surface area (Å²) in [5.41, 5.74) is 3.95. The van der Waals surface area contributed by atoms with Crippen molar-refractivity contribution < 1.29 is 14.3 Å². The van der Waals surface area contributed by atoms with Crippen molar-refractivity contribution in [2.24, 2.45) is 0 Å². The van der Waals surface area contributed by atoms with Gasteiger partial charge in [0.15, 0.2) is 6.61 Å².